The van der Waals surface area contributed by atoms with E-state index in [4.69, 9.17) is 10.5 Å². The Balaban J connectivity index is 2.29. The number of carbonyl (C=O) groups is 1. The molecule has 0 bridgehead atoms. The van der Waals surface area contributed by atoms with E-state index in [2.05, 4.69) is 5.10 Å². The Morgan fingerprint density at radius 2 is 2.17 bits per heavy atom. The maximum atomic E-state index is 10.9. The van der Waals surface area contributed by atoms with Crippen molar-refractivity contribution in [2.45, 2.75) is 51.2 Å². The summed E-state index contributed by atoms with van der Waals surface area (Å²) in [6.07, 6.45) is 0.324. The van der Waals surface area contributed by atoms with Crippen LogP contribution >= 0.6 is 0 Å². The highest BCUT2D eigenvalue weighted by atomic mass is 16.6. The molecule has 6 heteroatoms. The predicted molar refractivity (Wildman–Crippen MR) is 65.4 cm³/mol. The molecule has 0 aliphatic heterocycles. The van der Waals surface area contributed by atoms with Gasteiger partial charge in [0, 0.05) is 12.0 Å². The number of aromatic nitrogens is 2. The molecule has 0 unspecified atom stereocenters. The molecule has 18 heavy (non-hydrogen) atoms. The van der Waals surface area contributed by atoms with Crippen LogP contribution in [0.3, 0.4) is 0 Å². The van der Waals surface area contributed by atoms with Crippen LogP contribution in [0.1, 0.15) is 45.2 Å². The van der Waals surface area contributed by atoms with Crippen molar-refractivity contribution in [2.75, 3.05) is 0 Å². The molecule has 1 heterocycles. The van der Waals surface area contributed by atoms with Crippen LogP contribution in [0.25, 0.3) is 0 Å². The first-order valence-corrected chi connectivity index (χ1v) is 6.03. The highest BCUT2D eigenvalue weighted by Crippen LogP contribution is 2.38. The number of aliphatic hydroxyl groups excluding tert-OH is 1. The summed E-state index contributed by atoms with van der Waals surface area (Å²) in [6, 6.07) is 1.73. The average molecular weight is 253 g/mol. The highest BCUT2D eigenvalue weighted by molar-refractivity contribution is 5.67. The average Bonchev–Trinajstić information content (AvgIpc) is 2.55. The lowest BCUT2D eigenvalue weighted by molar-refractivity contribution is 0.0728. The lowest BCUT2D eigenvalue weighted by atomic mass is 9.80. The molecule has 6 nitrogen and oxygen atoms in total. The topological polar surface area (TPSA) is 90.4 Å². The summed E-state index contributed by atoms with van der Waals surface area (Å²) in [5.41, 5.74) is 5.59. The van der Waals surface area contributed by atoms with Gasteiger partial charge in [-0.1, -0.05) is 0 Å². The van der Waals surface area contributed by atoms with Crippen LogP contribution in [0.5, 0.6) is 5.88 Å². The van der Waals surface area contributed by atoms with Crippen molar-refractivity contribution in [3.8, 4) is 5.88 Å². The molecule has 1 saturated carbocycles. The van der Waals surface area contributed by atoms with Gasteiger partial charge in [0.05, 0.1) is 17.3 Å². The lowest BCUT2D eigenvalue weighted by Crippen LogP contribution is -2.28. The Hall–Kier alpha value is -1.56. The first kappa shape index (κ1) is 12.9. The van der Waals surface area contributed by atoms with Crippen molar-refractivity contribution in [1.29, 1.82) is 0 Å². The molecule has 3 N–H and O–H groups in total. The summed E-state index contributed by atoms with van der Waals surface area (Å²) in [5, 5.41) is 13.8. The zero-order valence-corrected chi connectivity index (χ0v) is 10.9. The van der Waals surface area contributed by atoms with E-state index in [-0.39, 0.29) is 17.6 Å². The molecule has 0 saturated heterocycles. The second-order valence-electron chi connectivity index (χ2n) is 5.73. The third-order valence-electron chi connectivity index (χ3n) is 3.07. The van der Waals surface area contributed by atoms with Gasteiger partial charge in [-0.15, -0.1) is 0 Å². The lowest BCUT2D eigenvalue weighted by Gasteiger charge is -2.29. The minimum absolute atomic E-state index is 0.235. The van der Waals surface area contributed by atoms with E-state index in [1.54, 1.807) is 10.7 Å². The summed E-state index contributed by atoms with van der Waals surface area (Å²) in [5.74, 6) is 0.588. The third-order valence-corrected chi connectivity index (χ3v) is 3.07. The minimum atomic E-state index is -0.847. The summed E-state index contributed by atoms with van der Waals surface area (Å²) in [4.78, 5) is 10.9. The number of nitrogens with zero attached hydrogens (tertiary/aromatic N) is 2. The van der Waals surface area contributed by atoms with Crippen LogP contribution in [0.15, 0.2) is 6.07 Å². The van der Waals surface area contributed by atoms with E-state index in [9.17, 15) is 9.90 Å². The van der Waals surface area contributed by atoms with Gasteiger partial charge in [0.1, 0.15) is 0 Å². The van der Waals surface area contributed by atoms with Crippen LogP contribution in [-0.4, -0.2) is 27.1 Å². The first-order chi connectivity index (χ1) is 8.27. The molecular weight excluding hydrogens is 234 g/mol. The van der Waals surface area contributed by atoms with E-state index >= 15 is 0 Å². The highest BCUT2D eigenvalue weighted by Gasteiger charge is 2.33. The normalized spacial score (nSPS) is 23.6. The second-order valence-corrected chi connectivity index (χ2v) is 5.73. The molecule has 2 rings (SSSR count). The Kier molecular flexibility index (Phi) is 3.06. The monoisotopic (exact) mass is 253 g/mol. The van der Waals surface area contributed by atoms with E-state index in [0.29, 0.717) is 18.7 Å². The molecular formula is C12H19N3O3. The van der Waals surface area contributed by atoms with E-state index < -0.39 is 6.09 Å². The Morgan fingerprint density at radius 3 is 2.61 bits per heavy atom. The molecule has 0 radical (unpaired) electrons. The van der Waals surface area contributed by atoms with Gasteiger partial charge in [-0.2, -0.15) is 5.10 Å². The SMILES string of the molecule is CC(C)(C)n1nc(C2CC(O)C2)cc1OC(N)=O. The van der Waals surface area contributed by atoms with E-state index in [1.165, 1.54) is 0 Å². The number of nitrogens with two attached hydrogens (primary N) is 1. The fourth-order valence-electron chi connectivity index (χ4n) is 2.07. The molecule has 0 aromatic carbocycles. The number of hydrogen-bond donors (Lipinski definition) is 2. The van der Waals surface area contributed by atoms with Gasteiger partial charge in [-0.3, -0.25) is 0 Å². The molecule has 100 valence electrons. The van der Waals surface area contributed by atoms with Crippen LogP contribution in [-0.2, 0) is 5.54 Å². The second kappa shape index (κ2) is 4.28. The van der Waals surface area contributed by atoms with Crippen molar-refractivity contribution in [3.05, 3.63) is 11.8 Å². The van der Waals surface area contributed by atoms with Crippen molar-refractivity contribution >= 4 is 6.09 Å². The van der Waals surface area contributed by atoms with Gasteiger partial charge in [0.15, 0.2) is 0 Å². The van der Waals surface area contributed by atoms with Crippen LogP contribution in [0.2, 0.25) is 0 Å². The third kappa shape index (κ3) is 2.48. The largest absolute Gasteiger partial charge is 0.411 e. The van der Waals surface area contributed by atoms with Crippen LogP contribution in [0.4, 0.5) is 4.79 Å². The number of hydrogen-bond acceptors (Lipinski definition) is 4. The maximum Gasteiger partial charge on any atom is 0.411 e. The molecule has 0 spiro atoms. The number of aliphatic hydroxyl groups is 1. The summed E-state index contributed by atoms with van der Waals surface area (Å²) >= 11 is 0. The van der Waals surface area contributed by atoms with Crippen molar-refractivity contribution in [3.63, 3.8) is 0 Å². The minimum Gasteiger partial charge on any atom is -0.393 e. The van der Waals surface area contributed by atoms with Crippen LogP contribution < -0.4 is 10.5 Å². The zero-order chi connectivity index (χ0) is 13.5. The Bertz CT molecular complexity index is 456. The summed E-state index contributed by atoms with van der Waals surface area (Å²) in [7, 11) is 0. The van der Waals surface area contributed by atoms with Crippen molar-refractivity contribution < 1.29 is 14.6 Å². The fourth-order valence-corrected chi connectivity index (χ4v) is 2.07. The predicted octanol–water partition coefficient (Wildman–Crippen LogP) is 1.33. The Labute approximate surface area is 106 Å². The number of rotatable bonds is 2. The molecule has 1 amide bonds. The molecule has 1 aliphatic rings. The first-order valence-electron chi connectivity index (χ1n) is 6.03. The van der Waals surface area contributed by atoms with Crippen molar-refractivity contribution in [2.24, 2.45) is 5.73 Å². The quantitative estimate of drug-likeness (QED) is 0.832. The number of ether oxygens (including phenoxy) is 1. The standard InChI is InChI=1S/C12H19N3O3/c1-12(2,3)15-10(18-11(13)17)6-9(14-15)7-4-8(16)5-7/h6-8,16H,4-5H2,1-3H3,(H2,13,17). The van der Waals surface area contributed by atoms with Crippen LogP contribution in [0, 0.1) is 0 Å². The van der Waals surface area contributed by atoms with Crippen molar-refractivity contribution in [1.82, 2.24) is 9.78 Å². The van der Waals surface area contributed by atoms with Gasteiger partial charge < -0.3 is 15.6 Å². The molecule has 1 aromatic heterocycles. The van der Waals surface area contributed by atoms with Gasteiger partial charge in [-0.05, 0) is 33.6 Å². The Morgan fingerprint density at radius 1 is 1.56 bits per heavy atom. The van der Waals surface area contributed by atoms with Gasteiger partial charge in [0.2, 0.25) is 5.88 Å². The molecule has 1 aromatic rings. The fraction of sp³-hybridized carbons (Fsp3) is 0.667. The number of amides is 1. The summed E-state index contributed by atoms with van der Waals surface area (Å²) < 4.78 is 6.63. The molecule has 1 fully saturated rings. The molecule has 1 aliphatic carbocycles. The van der Waals surface area contributed by atoms with E-state index in [1.807, 2.05) is 20.8 Å². The zero-order valence-electron chi connectivity index (χ0n) is 10.9. The number of primary amides is 1. The van der Waals surface area contributed by atoms with Gasteiger partial charge in [-0.25, -0.2) is 9.48 Å². The molecule has 0 atom stereocenters. The smallest absolute Gasteiger partial charge is 0.393 e. The summed E-state index contributed by atoms with van der Waals surface area (Å²) in [6.45, 7) is 5.90. The number of carbonyl (C=O) groups excluding carboxylic acids is 1. The maximum absolute atomic E-state index is 10.9. The van der Waals surface area contributed by atoms with Gasteiger partial charge >= 0.3 is 6.09 Å². The van der Waals surface area contributed by atoms with E-state index in [0.717, 1.165) is 5.69 Å². The van der Waals surface area contributed by atoms with Gasteiger partial charge in [0.25, 0.3) is 0 Å².